The van der Waals surface area contributed by atoms with Crippen molar-refractivity contribution >= 4 is 11.6 Å². The van der Waals surface area contributed by atoms with Crippen molar-refractivity contribution in [1.29, 1.82) is 10.5 Å². The number of nitriles is 2. The minimum absolute atomic E-state index is 0.0108. The first-order chi connectivity index (χ1) is 8.20. The number of ketones is 2. The van der Waals surface area contributed by atoms with Crippen LogP contribution in [0, 0.1) is 22.7 Å². The Balaban J connectivity index is 3.25. The Labute approximate surface area is 102 Å². The molecule has 4 nitrogen and oxygen atoms in total. The Hall–Kier alpha value is -1.68. The molecule has 0 aliphatic heterocycles. The van der Waals surface area contributed by atoms with E-state index in [9.17, 15) is 9.59 Å². The van der Waals surface area contributed by atoms with Crippen molar-refractivity contribution in [2.45, 2.75) is 57.8 Å². The van der Waals surface area contributed by atoms with Gasteiger partial charge in [-0.2, -0.15) is 10.5 Å². The first-order valence-electron chi connectivity index (χ1n) is 5.98. The van der Waals surface area contributed by atoms with Crippen LogP contribution in [0.2, 0.25) is 0 Å². The zero-order chi connectivity index (χ0) is 12.9. The second-order valence-electron chi connectivity index (χ2n) is 4.01. The van der Waals surface area contributed by atoms with Crippen LogP contribution >= 0.6 is 0 Å². The van der Waals surface area contributed by atoms with Crippen molar-refractivity contribution < 1.29 is 9.59 Å². The van der Waals surface area contributed by atoms with Crippen LogP contribution in [-0.2, 0) is 9.59 Å². The van der Waals surface area contributed by atoms with Crippen molar-refractivity contribution in [1.82, 2.24) is 0 Å². The molecule has 0 spiro atoms. The molecule has 0 aromatic heterocycles. The monoisotopic (exact) mass is 234 g/mol. The second-order valence-corrected chi connectivity index (χ2v) is 4.01. The lowest BCUT2D eigenvalue weighted by molar-refractivity contribution is -0.119. The Morgan fingerprint density at radius 1 is 0.706 bits per heavy atom. The highest BCUT2D eigenvalue weighted by Gasteiger charge is 2.02. The summed E-state index contributed by atoms with van der Waals surface area (Å²) in [6.07, 6.45) is 5.58. The standard InChI is InChI=1S/C13H18N2O2/c14-10-8-12(16)6-4-2-1-3-5-7-13(17)9-11-15/h1-9H2. The van der Waals surface area contributed by atoms with E-state index in [1.807, 2.05) is 12.1 Å². The van der Waals surface area contributed by atoms with Crippen molar-refractivity contribution in [3.05, 3.63) is 0 Å². The van der Waals surface area contributed by atoms with E-state index >= 15 is 0 Å². The van der Waals surface area contributed by atoms with Crippen LogP contribution in [0.4, 0.5) is 0 Å². The third kappa shape index (κ3) is 10.6. The molecule has 0 bridgehead atoms. The molecule has 92 valence electrons. The molecule has 0 aromatic carbocycles. The molecule has 0 atom stereocenters. The summed E-state index contributed by atoms with van der Waals surface area (Å²) >= 11 is 0. The molecule has 0 fully saturated rings. The van der Waals surface area contributed by atoms with Gasteiger partial charge in [0.1, 0.15) is 11.6 Å². The number of nitrogens with zero attached hydrogens (tertiary/aromatic N) is 2. The molecule has 0 N–H and O–H groups in total. The van der Waals surface area contributed by atoms with Crippen molar-refractivity contribution in [3.63, 3.8) is 0 Å². The molecular weight excluding hydrogens is 216 g/mol. The molecular formula is C13H18N2O2. The minimum Gasteiger partial charge on any atom is -0.299 e. The van der Waals surface area contributed by atoms with Gasteiger partial charge in [-0.1, -0.05) is 19.3 Å². The summed E-state index contributed by atoms with van der Waals surface area (Å²) in [7, 11) is 0. The number of carbonyl (C=O) groups is 2. The summed E-state index contributed by atoms with van der Waals surface area (Å²) in [6.45, 7) is 0. The Kier molecular flexibility index (Phi) is 9.76. The Bertz CT molecular complexity index is 291. The number of carbonyl (C=O) groups excluding carboxylic acids is 2. The zero-order valence-corrected chi connectivity index (χ0v) is 10.1. The predicted octanol–water partition coefficient (Wildman–Crippen LogP) is 2.68. The van der Waals surface area contributed by atoms with Crippen LogP contribution < -0.4 is 0 Å². The van der Waals surface area contributed by atoms with Crippen LogP contribution in [0.1, 0.15) is 57.8 Å². The molecule has 0 saturated carbocycles. The molecule has 0 saturated heterocycles. The van der Waals surface area contributed by atoms with Crippen LogP contribution in [0.25, 0.3) is 0 Å². The predicted molar refractivity (Wildman–Crippen MR) is 62.8 cm³/mol. The third-order valence-corrected chi connectivity index (χ3v) is 2.46. The van der Waals surface area contributed by atoms with E-state index in [0.29, 0.717) is 12.8 Å². The van der Waals surface area contributed by atoms with Gasteiger partial charge in [-0.15, -0.1) is 0 Å². The van der Waals surface area contributed by atoms with Crippen molar-refractivity contribution in [2.24, 2.45) is 0 Å². The van der Waals surface area contributed by atoms with E-state index in [-0.39, 0.29) is 24.4 Å². The lowest BCUT2D eigenvalue weighted by atomic mass is 10.1. The van der Waals surface area contributed by atoms with E-state index in [0.717, 1.165) is 32.1 Å². The molecule has 0 rings (SSSR count). The van der Waals surface area contributed by atoms with E-state index in [4.69, 9.17) is 10.5 Å². The van der Waals surface area contributed by atoms with Gasteiger partial charge in [-0.3, -0.25) is 9.59 Å². The van der Waals surface area contributed by atoms with Gasteiger partial charge in [0, 0.05) is 12.8 Å². The molecule has 0 amide bonds. The van der Waals surface area contributed by atoms with Crippen molar-refractivity contribution in [2.75, 3.05) is 0 Å². The molecule has 0 aliphatic rings. The highest BCUT2D eigenvalue weighted by Crippen LogP contribution is 2.08. The summed E-state index contributed by atoms with van der Waals surface area (Å²) in [5.74, 6) is 0.0217. The first kappa shape index (κ1) is 15.3. The summed E-state index contributed by atoms with van der Waals surface area (Å²) in [6, 6.07) is 3.68. The molecule has 0 radical (unpaired) electrons. The Morgan fingerprint density at radius 2 is 1.06 bits per heavy atom. The van der Waals surface area contributed by atoms with Crippen molar-refractivity contribution in [3.8, 4) is 12.1 Å². The maximum atomic E-state index is 11.0. The van der Waals surface area contributed by atoms with Crippen LogP contribution in [-0.4, -0.2) is 11.6 Å². The summed E-state index contributed by atoms with van der Waals surface area (Å²) < 4.78 is 0. The van der Waals surface area contributed by atoms with E-state index in [1.54, 1.807) is 0 Å². The van der Waals surface area contributed by atoms with Gasteiger partial charge in [0.05, 0.1) is 25.0 Å². The number of unbranched alkanes of at least 4 members (excludes halogenated alkanes) is 4. The smallest absolute Gasteiger partial charge is 0.146 e. The van der Waals surface area contributed by atoms with Gasteiger partial charge >= 0.3 is 0 Å². The van der Waals surface area contributed by atoms with Crippen LogP contribution in [0.3, 0.4) is 0 Å². The third-order valence-electron chi connectivity index (χ3n) is 2.46. The van der Waals surface area contributed by atoms with E-state index < -0.39 is 0 Å². The quantitative estimate of drug-likeness (QED) is 0.544. The summed E-state index contributed by atoms with van der Waals surface area (Å²) in [5.41, 5.74) is 0. The molecule has 0 aliphatic carbocycles. The summed E-state index contributed by atoms with van der Waals surface area (Å²) in [5, 5.41) is 16.6. The summed E-state index contributed by atoms with van der Waals surface area (Å²) in [4.78, 5) is 22.0. The highest BCUT2D eigenvalue weighted by atomic mass is 16.1. The van der Waals surface area contributed by atoms with Gasteiger partial charge in [0.25, 0.3) is 0 Å². The largest absolute Gasteiger partial charge is 0.299 e. The Morgan fingerprint density at radius 3 is 1.41 bits per heavy atom. The number of rotatable bonds is 10. The van der Waals surface area contributed by atoms with Crippen LogP contribution in [0.15, 0.2) is 0 Å². The molecule has 17 heavy (non-hydrogen) atoms. The minimum atomic E-state index is 0.0108. The zero-order valence-electron chi connectivity index (χ0n) is 10.1. The number of hydrogen-bond donors (Lipinski definition) is 0. The molecule has 0 heterocycles. The molecule has 0 aromatic rings. The lowest BCUT2D eigenvalue weighted by Crippen LogP contribution is -1.96. The maximum absolute atomic E-state index is 11.0. The van der Waals surface area contributed by atoms with E-state index in [2.05, 4.69) is 0 Å². The molecule has 4 heteroatoms. The average Bonchev–Trinajstić information content (AvgIpc) is 2.28. The highest BCUT2D eigenvalue weighted by molar-refractivity contribution is 5.80. The normalized spacial score (nSPS) is 9.29. The number of hydrogen-bond acceptors (Lipinski definition) is 4. The number of Topliss-reactive ketones (excluding diaryl/α,β-unsaturated/α-hetero) is 2. The molecule has 0 unspecified atom stereocenters. The fourth-order valence-corrected chi connectivity index (χ4v) is 1.53. The van der Waals surface area contributed by atoms with Gasteiger partial charge in [0.2, 0.25) is 0 Å². The van der Waals surface area contributed by atoms with Gasteiger partial charge in [0.15, 0.2) is 0 Å². The van der Waals surface area contributed by atoms with E-state index in [1.165, 1.54) is 0 Å². The average molecular weight is 234 g/mol. The fourth-order valence-electron chi connectivity index (χ4n) is 1.53. The van der Waals surface area contributed by atoms with Gasteiger partial charge < -0.3 is 0 Å². The first-order valence-corrected chi connectivity index (χ1v) is 5.98. The topological polar surface area (TPSA) is 81.7 Å². The van der Waals surface area contributed by atoms with Gasteiger partial charge in [-0.25, -0.2) is 0 Å². The fraction of sp³-hybridized carbons (Fsp3) is 0.692. The SMILES string of the molecule is N#CCC(=O)CCCCCCCC(=O)CC#N. The van der Waals surface area contributed by atoms with Gasteiger partial charge in [-0.05, 0) is 12.8 Å². The van der Waals surface area contributed by atoms with Crippen LogP contribution in [0.5, 0.6) is 0 Å². The second kappa shape index (κ2) is 10.8. The lowest BCUT2D eigenvalue weighted by Gasteiger charge is -1.99. The maximum Gasteiger partial charge on any atom is 0.146 e.